The van der Waals surface area contributed by atoms with Gasteiger partial charge in [-0.1, -0.05) is 54.4 Å². The van der Waals surface area contributed by atoms with Gasteiger partial charge in [0.15, 0.2) is 0 Å². The summed E-state index contributed by atoms with van der Waals surface area (Å²) in [5.41, 5.74) is 12.2. The smallest absolute Gasteiger partial charge is 0.376 e. The van der Waals surface area contributed by atoms with E-state index in [1.54, 1.807) is 0 Å². The molecule has 3 aliphatic heterocycles. The fourth-order valence-electron chi connectivity index (χ4n) is 9.49. The summed E-state index contributed by atoms with van der Waals surface area (Å²) < 4.78 is 0. The average molecular weight is 834 g/mol. The molecule has 2 aromatic carbocycles. The molecule has 5 aliphatic rings. The lowest BCUT2D eigenvalue weighted by Gasteiger charge is -2.40. The van der Waals surface area contributed by atoms with Crippen LogP contribution in [-0.4, -0.2) is 144 Å². The van der Waals surface area contributed by atoms with Gasteiger partial charge in [0.2, 0.25) is 0 Å². The van der Waals surface area contributed by atoms with Gasteiger partial charge in [-0.2, -0.15) is 0 Å². The first-order valence-electron chi connectivity index (χ1n) is 21.3. The van der Waals surface area contributed by atoms with Crippen molar-refractivity contribution in [3.05, 3.63) is 128 Å². The van der Waals surface area contributed by atoms with Crippen LogP contribution in [0.25, 0.3) is 23.3 Å². The molecule has 0 amide bonds. The molecule has 4 aromatic rings. The Kier molecular flexibility index (Phi) is 13.7. The van der Waals surface area contributed by atoms with E-state index in [1.165, 1.54) is 44.5 Å². The molecule has 2 aromatic heterocycles. The van der Waals surface area contributed by atoms with Crippen molar-refractivity contribution in [1.29, 1.82) is 0 Å². The van der Waals surface area contributed by atoms with Gasteiger partial charge in [-0.15, -0.1) is 0 Å². The second-order valence-electron chi connectivity index (χ2n) is 16.4. The average Bonchev–Trinajstić information content (AvgIpc) is 3.48. The van der Waals surface area contributed by atoms with E-state index in [4.69, 9.17) is 33.2 Å². The van der Waals surface area contributed by atoms with Crippen LogP contribution in [0.2, 0.25) is 23.7 Å². The third-order valence-corrected chi connectivity index (χ3v) is 13.2. The fourth-order valence-corrected chi connectivity index (χ4v) is 9.83. The van der Waals surface area contributed by atoms with Crippen LogP contribution in [0.4, 0.5) is 0 Å². The molecule has 3 N–H and O–H groups in total. The summed E-state index contributed by atoms with van der Waals surface area (Å²) in [6.07, 6.45) is 9.33. The number of benzene rings is 2. The maximum Gasteiger partial charge on any atom is 0.376 e. The maximum atomic E-state index is 10.0. The molecule has 59 heavy (non-hydrogen) atoms. The van der Waals surface area contributed by atoms with Gasteiger partial charge in [-0.05, 0) is 113 Å². The van der Waals surface area contributed by atoms with E-state index in [2.05, 4.69) is 85.1 Å². The zero-order valence-corrected chi connectivity index (χ0v) is 36.1. The molecule has 3 saturated heterocycles. The first-order valence-corrected chi connectivity index (χ1v) is 22.1. The highest BCUT2D eigenvalue weighted by molar-refractivity contribution is 6.45. The number of nitrogens with one attached hydrogen (secondary N) is 1. The Bertz CT molecular complexity index is 2150. The fraction of sp³-hybridized carbons (Fsp3) is 0.422. The van der Waals surface area contributed by atoms with Gasteiger partial charge in [0, 0.05) is 108 Å². The van der Waals surface area contributed by atoms with E-state index in [0.29, 0.717) is 0 Å². The summed E-state index contributed by atoms with van der Waals surface area (Å²) in [6.45, 7) is 17.9. The molecule has 2 atom stereocenters. The highest BCUT2D eigenvalue weighted by Crippen LogP contribution is 2.42. The largest absolute Gasteiger partial charge is 0.437 e. The molecule has 0 saturated carbocycles. The van der Waals surface area contributed by atoms with E-state index in [0.717, 1.165) is 113 Å². The minimum Gasteiger partial charge on any atom is -0.437 e. The Morgan fingerprint density at radius 3 is 1.56 bits per heavy atom. The Balaban J connectivity index is 0.000000167. The molecule has 2 aliphatic carbocycles. The highest BCUT2D eigenvalue weighted by atomic mass is 35.5. The molecule has 9 rings (SSSR count). The zero-order chi connectivity index (χ0) is 41.0. The lowest BCUT2D eigenvalue weighted by Crippen LogP contribution is -2.52. The summed E-state index contributed by atoms with van der Waals surface area (Å²) in [7, 11) is -0.804. The van der Waals surface area contributed by atoms with E-state index in [-0.39, 0.29) is 12.1 Å². The molecule has 2 unspecified atom stereocenters. The van der Waals surface area contributed by atoms with Gasteiger partial charge in [0.1, 0.15) is 0 Å². The van der Waals surface area contributed by atoms with Crippen molar-refractivity contribution in [2.24, 2.45) is 0 Å². The molecule has 0 radical (unpaired) electrons. The number of fused-ring (bicyclic) bond motifs is 4. The number of allylic oxidation sites excluding steroid dienone is 1. The van der Waals surface area contributed by atoms with Gasteiger partial charge < -0.3 is 25.0 Å². The Hall–Kier alpha value is -3.39. The minimum atomic E-state index is -0.407. The molecule has 10 nitrogen and oxygen atoms in total. The molecule has 14 heteroatoms. The molecular weight excluding hydrogens is 777 g/mol. The minimum absolute atomic E-state index is 0.0754. The zero-order valence-electron chi connectivity index (χ0n) is 34.6. The SMILES string of the molecule is CB(O)N1CCN(C2c3ccc(Cl)cc3C(CN3CCNCC3)=Cc3cccnc32)CC1.CCC1=Cc2cccnc2C(N2CCN(B(C)O)CC2)c2ccc(Cl)cc21. The van der Waals surface area contributed by atoms with Crippen molar-refractivity contribution in [1.82, 2.24) is 39.6 Å². The number of halogens is 2. The molecule has 0 spiro atoms. The monoisotopic (exact) mass is 832 g/mol. The lowest BCUT2D eigenvalue weighted by molar-refractivity contribution is 0.144. The van der Waals surface area contributed by atoms with Crippen LogP contribution in [0.1, 0.15) is 70.2 Å². The van der Waals surface area contributed by atoms with Gasteiger partial charge in [-0.3, -0.25) is 24.7 Å². The van der Waals surface area contributed by atoms with E-state index >= 15 is 0 Å². The van der Waals surface area contributed by atoms with Crippen molar-refractivity contribution < 1.29 is 10.0 Å². The summed E-state index contributed by atoms with van der Waals surface area (Å²) in [6, 6.07) is 21.1. The summed E-state index contributed by atoms with van der Waals surface area (Å²) in [5.74, 6) is 0. The second-order valence-corrected chi connectivity index (χ2v) is 17.2. The van der Waals surface area contributed by atoms with Gasteiger partial charge >= 0.3 is 14.1 Å². The van der Waals surface area contributed by atoms with E-state index in [1.807, 2.05) is 50.3 Å². The van der Waals surface area contributed by atoms with Gasteiger partial charge in [0.25, 0.3) is 0 Å². The molecule has 3 fully saturated rings. The number of rotatable bonds is 7. The Morgan fingerprint density at radius 2 is 1.10 bits per heavy atom. The van der Waals surface area contributed by atoms with Crippen LogP contribution in [-0.2, 0) is 0 Å². The lowest BCUT2D eigenvalue weighted by atomic mass is 9.84. The quantitative estimate of drug-likeness (QED) is 0.189. The molecular formula is C45H56B2Cl2N8O2. The molecule has 0 bridgehead atoms. The summed E-state index contributed by atoms with van der Waals surface area (Å²) >= 11 is 12.9. The molecule has 5 heterocycles. The Labute approximate surface area is 360 Å². The third kappa shape index (κ3) is 9.43. The van der Waals surface area contributed by atoms with Crippen LogP contribution >= 0.6 is 23.2 Å². The Morgan fingerprint density at radius 1 is 0.644 bits per heavy atom. The van der Waals surface area contributed by atoms with Crippen LogP contribution in [0.15, 0.2) is 73.1 Å². The number of hydrogen-bond acceptors (Lipinski definition) is 10. The van der Waals surface area contributed by atoms with Crippen molar-refractivity contribution in [2.75, 3.05) is 85.1 Å². The third-order valence-electron chi connectivity index (χ3n) is 12.7. The highest BCUT2D eigenvalue weighted by Gasteiger charge is 2.35. The molecule has 308 valence electrons. The van der Waals surface area contributed by atoms with Crippen LogP contribution in [0, 0.1) is 0 Å². The summed E-state index contributed by atoms with van der Waals surface area (Å²) in [5, 5.41) is 24.9. The van der Waals surface area contributed by atoms with Crippen LogP contribution in [0.5, 0.6) is 0 Å². The number of nitrogens with zero attached hydrogens (tertiary/aromatic N) is 7. The standard InChI is InChI=1S/C24H31BClN5O.C21H25BClN3O/c1-25(32)31-13-11-30(12-14-31)24-21-5-4-20(26)16-22(21)19(17-29-9-7-27-8-10-29)15-18-3-2-6-28-23(18)24;1-3-15-13-16-5-4-8-24-20(16)21(18-7-6-17(23)14-19(15)18)25-9-11-26(12-10-25)22(2)27/h2-6,15-16,24,27,32H,7-14,17H2,1H3;4-8,13-14,21,27H,3,9-12H2,1-2H3. The summed E-state index contributed by atoms with van der Waals surface area (Å²) in [4.78, 5) is 21.5. The maximum absolute atomic E-state index is 10.0. The van der Waals surface area contributed by atoms with Gasteiger partial charge in [0.05, 0.1) is 23.5 Å². The first kappa shape index (κ1) is 42.3. The second kappa shape index (κ2) is 19.1. The van der Waals surface area contributed by atoms with E-state index < -0.39 is 14.1 Å². The van der Waals surface area contributed by atoms with Crippen molar-refractivity contribution in [3.8, 4) is 0 Å². The topological polar surface area (TPSA) is 94.5 Å². The van der Waals surface area contributed by atoms with Gasteiger partial charge in [-0.25, -0.2) is 0 Å². The van der Waals surface area contributed by atoms with Crippen LogP contribution in [0.3, 0.4) is 0 Å². The van der Waals surface area contributed by atoms with Crippen molar-refractivity contribution >= 4 is 60.6 Å². The number of piperazine rings is 3. The first-order chi connectivity index (χ1) is 28.7. The van der Waals surface area contributed by atoms with Crippen molar-refractivity contribution in [2.45, 2.75) is 39.1 Å². The van der Waals surface area contributed by atoms with E-state index in [9.17, 15) is 10.0 Å². The predicted molar refractivity (Wildman–Crippen MR) is 244 cm³/mol. The number of hydrogen-bond donors (Lipinski definition) is 3. The van der Waals surface area contributed by atoms with Crippen LogP contribution < -0.4 is 5.32 Å². The normalized spacial score (nSPS) is 21.6. The number of aromatic nitrogens is 2. The van der Waals surface area contributed by atoms with Crippen molar-refractivity contribution in [3.63, 3.8) is 0 Å². The predicted octanol–water partition coefficient (Wildman–Crippen LogP) is 6.13. The number of pyridine rings is 2.